The largest absolute Gasteiger partial charge is 0.507 e. The molecule has 0 saturated carbocycles. The molecule has 13 heteroatoms. The lowest BCUT2D eigenvalue weighted by molar-refractivity contribution is -0.278. The Morgan fingerprint density at radius 2 is 1.73 bits per heavy atom. The van der Waals surface area contributed by atoms with Gasteiger partial charge < -0.3 is 54.3 Å². The molecule has 13 nitrogen and oxygen atoms in total. The number of hydrogen-bond donors (Lipinski definition) is 6. The molecular weight excluding hydrogens is 544 g/mol. The van der Waals surface area contributed by atoms with Crippen LogP contribution < -0.4 is 9.47 Å². The quantitative estimate of drug-likeness (QED) is 0.193. The van der Waals surface area contributed by atoms with E-state index in [1.165, 1.54) is 37.3 Å². The lowest BCUT2D eigenvalue weighted by Crippen LogP contribution is -2.60. The summed E-state index contributed by atoms with van der Waals surface area (Å²) in [6.07, 6.45) is -8.97. The molecule has 2 aliphatic rings. The first-order valence-electron chi connectivity index (χ1n) is 13.1. The number of ether oxygens (including phenoxy) is 5. The van der Waals surface area contributed by atoms with E-state index in [-0.39, 0.29) is 35.3 Å². The summed E-state index contributed by atoms with van der Waals surface area (Å²) in [7, 11) is 0. The Labute approximate surface area is 235 Å². The summed E-state index contributed by atoms with van der Waals surface area (Å²) in [6.45, 7) is 4.31. The maximum Gasteiger partial charge on any atom is 0.308 e. The summed E-state index contributed by atoms with van der Waals surface area (Å²) in [5.74, 6) is -2.45. The first-order chi connectivity index (χ1) is 19.4. The van der Waals surface area contributed by atoms with Crippen LogP contribution in [0.15, 0.2) is 30.3 Å². The van der Waals surface area contributed by atoms with Crippen molar-refractivity contribution in [3.8, 4) is 28.7 Å². The minimum Gasteiger partial charge on any atom is -0.507 e. The number of carbonyl (C=O) groups excluding carboxylic acids is 2. The molecule has 1 fully saturated rings. The van der Waals surface area contributed by atoms with Crippen LogP contribution in [0.2, 0.25) is 0 Å². The zero-order valence-electron chi connectivity index (χ0n) is 22.7. The molecule has 0 bridgehead atoms. The molecule has 2 aliphatic heterocycles. The average Bonchev–Trinajstić information content (AvgIpc) is 2.93. The predicted molar refractivity (Wildman–Crippen MR) is 138 cm³/mol. The van der Waals surface area contributed by atoms with E-state index >= 15 is 0 Å². The van der Waals surface area contributed by atoms with Crippen molar-refractivity contribution in [2.24, 2.45) is 5.92 Å². The molecule has 4 rings (SSSR count). The number of rotatable bonds is 8. The third-order valence-corrected chi connectivity index (χ3v) is 7.13. The minimum atomic E-state index is -1.70. The van der Waals surface area contributed by atoms with Gasteiger partial charge in [0.2, 0.25) is 6.29 Å². The van der Waals surface area contributed by atoms with Gasteiger partial charge >= 0.3 is 11.9 Å². The van der Waals surface area contributed by atoms with E-state index in [1.54, 1.807) is 6.92 Å². The van der Waals surface area contributed by atoms with Gasteiger partial charge in [-0.3, -0.25) is 9.59 Å². The van der Waals surface area contributed by atoms with Crippen LogP contribution in [0.4, 0.5) is 0 Å². The van der Waals surface area contributed by atoms with Crippen molar-refractivity contribution in [3.63, 3.8) is 0 Å². The Morgan fingerprint density at radius 3 is 2.39 bits per heavy atom. The Hall–Kier alpha value is -3.78. The van der Waals surface area contributed by atoms with Crippen LogP contribution in [0, 0.1) is 5.92 Å². The van der Waals surface area contributed by atoms with Gasteiger partial charge in [0.05, 0.1) is 5.92 Å². The van der Waals surface area contributed by atoms with E-state index < -0.39 is 67.2 Å². The third kappa shape index (κ3) is 6.59. The molecule has 224 valence electrons. The molecule has 0 amide bonds. The summed E-state index contributed by atoms with van der Waals surface area (Å²) in [5, 5.41) is 61.7. The van der Waals surface area contributed by atoms with Crippen LogP contribution in [-0.2, 0) is 30.2 Å². The fourth-order valence-electron chi connectivity index (χ4n) is 4.58. The predicted octanol–water partition coefficient (Wildman–Crippen LogP) is 1.19. The second-order valence-corrected chi connectivity index (χ2v) is 10.1. The molecule has 6 N–H and O–H groups in total. The monoisotopic (exact) mass is 578 g/mol. The second-order valence-electron chi connectivity index (χ2n) is 10.1. The van der Waals surface area contributed by atoms with Crippen molar-refractivity contribution in [2.75, 3.05) is 6.61 Å². The van der Waals surface area contributed by atoms with E-state index in [1.807, 2.05) is 6.92 Å². The van der Waals surface area contributed by atoms with Gasteiger partial charge in [-0.05, 0) is 18.6 Å². The number of fused-ring (bicyclic) bond motifs is 1. The van der Waals surface area contributed by atoms with E-state index in [0.29, 0.717) is 17.5 Å². The Bertz CT molecular complexity index is 1260. The fraction of sp³-hybridized carbons (Fsp3) is 0.500. The van der Waals surface area contributed by atoms with Crippen LogP contribution in [0.1, 0.15) is 44.4 Å². The molecule has 2 aromatic rings. The summed E-state index contributed by atoms with van der Waals surface area (Å²) >= 11 is 0. The van der Waals surface area contributed by atoms with E-state index in [4.69, 9.17) is 23.7 Å². The Kier molecular flexibility index (Phi) is 9.12. The van der Waals surface area contributed by atoms with Gasteiger partial charge in [-0.1, -0.05) is 19.9 Å². The van der Waals surface area contributed by atoms with E-state index in [2.05, 4.69) is 0 Å². The van der Waals surface area contributed by atoms with Gasteiger partial charge in [0, 0.05) is 36.6 Å². The standard InChI is InChI=1S/C28H34O13/c1-4-12(2)27(36)37-11-22-23(33)24(34)25(35)28(41-22)39-15-8-18(31)16-10-21(38-13(3)29)26(40-20(16)9-15)14-5-6-17(30)19(32)7-14/h5-9,12,21-26,28,30-35H,4,10-11H2,1-3H3/t12-,21-,22-,23-,24+,25-,26-,28-/m1/s1. The van der Waals surface area contributed by atoms with Crippen molar-refractivity contribution in [3.05, 3.63) is 41.5 Å². The molecule has 2 heterocycles. The Morgan fingerprint density at radius 1 is 1.00 bits per heavy atom. The zero-order valence-corrected chi connectivity index (χ0v) is 22.7. The summed E-state index contributed by atoms with van der Waals surface area (Å²) < 4.78 is 28.0. The second kappa shape index (κ2) is 12.4. The molecule has 41 heavy (non-hydrogen) atoms. The van der Waals surface area contributed by atoms with Crippen LogP contribution in [-0.4, -0.2) is 86.0 Å². The van der Waals surface area contributed by atoms with E-state index in [9.17, 15) is 40.2 Å². The third-order valence-electron chi connectivity index (χ3n) is 7.13. The van der Waals surface area contributed by atoms with Gasteiger partial charge in [-0.2, -0.15) is 0 Å². The summed E-state index contributed by atoms with van der Waals surface area (Å²) in [4.78, 5) is 23.8. The van der Waals surface area contributed by atoms with Crippen LogP contribution in [0.25, 0.3) is 0 Å². The number of benzene rings is 2. The highest BCUT2D eigenvalue weighted by atomic mass is 16.7. The summed E-state index contributed by atoms with van der Waals surface area (Å²) in [6, 6.07) is 6.59. The molecule has 0 unspecified atom stereocenters. The van der Waals surface area contributed by atoms with Crippen molar-refractivity contribution in [1.29, 1.82) is 0 Å². The first-order valence-corrected chi connectivity index (χ1v) is 13.1. The van der Waals surface area contributed by atoms with Gasteiger partial charge in [0.15, 0.2) is 17.6 Å². The van der Waals surface area contributed by atoms with Crippen LogP contribution >= 0.6 is 0 Å². The average molecular weight is 579 g/mol. The highest BCUT2D eigenvalue weighted by Crippen LogP contribution is 2.44. The number of aliphatic hydroxyl groups excluding tert-OH is 3. The van der Waals surface area contributed by atoms with Gasteiger partial charge in [0.25, 0.3) is 0 Å². The molecule has 8 atom stereocenters. The molecule has 2 aromatic carbocycles. The molecule has 1 saturated heterocycles. The topological polar surface area (TPSA) is 202 Å². The lowest BCUT2D eigenvalue weighted by atomic mass is 9.93. The molecule has 0 aromatic heterocycles. The number of phenols is 3. The Balaban J connectivity index is 1.56. The number of hydrogen-bond acceptors (Lipinski definition) is 13. The van der Waals surface area contributed by atoms with Crippen molar-refractivity contribution >= 4 is 11.9 Å². The molecular formula is C28H34O13. The maximum atomic E-state index is 12.1. The highest BCUT2D eigenvalue weighted by molar-refractivity contribution is 5.71. The molecule has 0 spiro atoms. The first kappa shape index (κ1) is 30.2. The van der Waals surface area contributed by atoms with Crippen molar-refractivity contribution in [1.82, 2.24) is 0 Å². The smallest absolute Gasteiger partial charge is 0.308 e. The lowest BCUT2D eigenvalue weighted by Gasteiger charge is -2.40. The zero-order chi connectivity index (χ0) is 30.0. The van der Waals surface area contributed by atoms with Gasteiger partial charge in [-0.15, -0.1) is 0 Å². The van der Waals surface area contributed by atoms with Crippen LogP contribution in [0.3, 0.4) is 0 Å². The normalized spacial score (nSPS) is 28.1. The highest BCUT2D eigenvalue weighted by Gasteiger charge is 2.46. The van der Waals surface area contributed by atoms with Gasteiger partial charge in [0.1, 0.15) is 54.4 Å². The number of esters is 2. The molecule has 0 aliphatic carbocycles. The minimum absolute atomic E-state index is 0.0322. The maximum absolute atomic E-state index is 12.1. The SMILES string of the molecule is CC[C@@H](C)C(=O)OC[C@H]1O[C@@H](Oc2cc(O)c3c(c2)O[C@H](c2ccc(O)c(O)c2)[C@H](OC(C)=O)C3)[C@H](O)[C@@H](O)[C@@H]1O. The number of carbonyl (C=O) groups is 2. The summed E-state index contributed by atoms with van der Waals surface area (Å²) in [5.41, 5.74) is 0.666. The molecule has 0 radical (unpaired) electrons. The van der Waals surface area contributed by atoms with Crippen LogP contribution in [0.5, 0.6) is 28.7 Å². The van der Waals surface area contributed by atoms with Crippen molar-refractivity contribution in [2.45, 2.75) is 76.5 Å². The number of aromatic hydroxyl groups is 3. The number of phenolic OH excluding ortho intramolecular Hbond substituents is 3. The van der Waals surface area contributed by atoms with Gasteiger partial charge in [-0.25, -0.2) is 0 Å². The van der Waals surface area contributed by atoms with E-state index in [0.717, 1.165) is 0 Å². The number of aliphatic hydroxyl groups is 3. The van der Waals surface area contributed by atoms with Crippen molar-refractivity contribution < 1.29 is 63.9 Å². The fourth-order valence-corrected chi connectivity index (χ4v) is 4.58.